The number of nitrogens with one attached hydrogen (secondary N) is 1. The maximum atomic E-state index is 13.9. The molecule has 1 aliphatic rings. The predicted molar refractivity (Wildman–Crippen MR) is 68.7 cm³/mol. The van der Waals surface area contributed by atoms with Crippen LogP contribution >= 0.6 is 0 Å². The standard InChI is InChI=1S/C13H16F3NO2S/c1-20(18,19)13-10(14)6-9(11(15)12(13)16)5-8-3-2-4-17-7-8/h6,8,17H,2-5,7H2,1H3. The SMILES string of the molecule is CS(=O)(=O)c1c(F)cc(CC2CCCNC2)c(F)c1F. The van der Waals surface area contributed by atoms with Crippen LogP contribution in [0.3, 0.4) is 0 Å². The Morgan fingerprint density at radius 3 is 2.55 bits per heavy atom. The predicted octanol–water partition coefficient (Wildman–Crippen LogP) is 2.05. The molecule has 1 fully saturated rings. The molecule has 1 saturated heterocycles. The third-order valence-corrected chi connectivity index (χ3v) is 4.59. The van der Waals surface area contributed by atoms with Gasteiger partial charge in [0.25, 0.3) is 0 Å². The molecule has 1 aliphatic heterocycles. The highest BCUT2D eigenvalue weighted by molar-refractivity contribution is 7.90. The Kier molecular flexibility index (Phi) is 4.39. The van der Waals surface area contributed by atoms with Gasteiger partial charge < -0.3 is 5.32 Å². The highest BCUT2D eigenvalue weighted by Gasteiger charge is 2.26. The molecule has 2 rings (SSSR count). The van der Waals surface area contributed by atoms with Gasteiger partial charge in [0.2, 0.25) is 0 Å². The van der Waals surface area contributed by atoms with Crippen LogP contribution in [0.1, 0.15) is 18.4 Å². The van der Waals surface area contributed by atoms with Gasteiger partial charge in [-0.1, -0.05) is 0 Å². The van der Waals surface area contributed by atoms with Crippen LogP contribution in [0.4, 0.5) is 13.2 Å². The molecule has 3 nitrogen and oxygen atoms in total. The molecule has 1 atom stereocenters. The van der Waals surface area contributed by atoms with Crippen LogP contribution in [0, 0.1) is 23.4 Å². The zero-order valence-electron chi connectivity index (χ0n) is 11.0. The van der Waals surface area contributed by atoms with E-state index >= 15 is 0 Å². The molecule has 112 valence electrons. The fourth-order valence-electron chi connectivity index (χ4n) is 2.52. The lowest BCUT2D eigenvalue weighted by atomic mass is 9.92. The third kappa shape index (κ3) is 3.15. The molecule has 7 heteroatoms. The molecular weight excluding hydrogens is 291 g/mol. The van der Waals surface area contributed by atoms with Crippen molar-refractivity contribution >= 4 is 9.84 Å². The molecular formula is C13H16F3NO2S. The maximum absolute atomic E-state index is 13.9. The van der Waals surface area contributed by atoms with Crippen LogP contribution in [0.5, 0.6) is 0 Å². The topological polar surface area (TPSA) is 46.2 Å². The van der Waals surface area contributed by atoms with E-state index in [4.69, 9.17) is 0 Å². The second-order valence-electron chi connectivity index (χ2n) is 5.16. The zero-order valence-corrected chi connectivity index (χ0v) is 11.9. The van der Waals surface area contributed by atoms with E-state index < -0.39 is 32.2 Å². The number of sulfone groups is 1. The molecule has 1 N–H and O–H groups in total. The summed E-state index contributed by atoms with van der Waals surface area (Å²) in [5.74, 6) is -4.02. The van der Waals surface area contributed by atoms with Gasteiger partial charge in [0.1, 0.15) is 10.7 Å². The summed E-state index contributed by atoms with van der Waals surface area (Å²) in [7, 11) is -4.14. The molecule has 0 saturated carbocycles. The van der Waals surface area contributed by atoms with Crippen LogP contribution in [-0.2, 0) is 16.3 Å². The average Bonchev–Trinajstić information content (AvgIpc) is 2.35. The van der Waals surface area contributed by atoms with Gasteiger partial charge in [-0.15, -0.1) is 0 Å². The lowest BCUT2D eigenvalue weighted by molar-refractivity contribution is 0.366. The fourth-order valence-corrected chi connectivity index (χ4v) is 3.35. The third-order valence-electron chi connectivity index (χ3n) is 3.47. The highest BCUT2D eigenvalue weighted by Crippen LogP contribution is 2.27. The summed E-state index contributed by atoms with van der Waals surface area (Å²) in [6.45, 7) is 1.55. The summed E-state index contributed by atoms with van der Waals surface area (Å²) in [5, 5.41) is 3.13. The van der Waals surface area contributed by atoms with Gasteiger partial charge in [0.05, 0.1) is 0 Å². The van der Waals surface area contributed by atoms with Crippen molar-refractivity contribution in [3.8, 4) is 0 Å². The van der Waals surface area contributed by atoms with Crippen molar-refractivity contribution in [1.82, 2.24) is 5.32 Å². The van der Waals surface area contributed by atoms with Crippen molar-refractivity contribution < 1.29 is 21.6 Å². The summed E-state index contributed by atoms with van der Waals surface area (Å²) in [6, 6.07) is 0.795. The van der Waals surface area contributed by atoms with Crippen LogP contribution in [0.2, 0.25) is 0 Å². The maximum Gasteiger partial charge on any atom is 0.181 e. The lowest BCUT2D eigenvalue weighted by Crippen LogP contribution is -2.31. The molecule has 1 aromatic rings. The number of benzene rings is 1. The Morgan fingerprint density at radius 1 is 1.30 bits per heavy atom. The summed E-state index contributed by atoms with van der Waals surface area (Å²) in [5.41, 5.74) is -0.110. The molecule has 1 unspecified atom stereocenters. The molecule has 0 spiro atoms. The van der Waals surface area contributed by atoms with Gasteiger partial charge in [0, 0.05) is 6.26 Å². The second kappa shape index (κ2) is 5.73. The van der Waals surface area contributed by atoms with Crippen LogP contribution < -0.4 is 5.32 Å². The smallest absolute Gasteiger partial charge is 0.181 e. The lowest BCUT2D eigenvalue weighted by Gasteiger charge is -2.23. The van der Waals surface area contributed by atoms with E-state index in [0.717, 1.165) is 25.5 Å². The molecule has 0 aromatic heterocycles. The molecule has 1 heterocycles. The number of hydrogen-bond acceptors (Lipinski definition) is 3. The zero-order chi connectivity index (χ0) is 14.9. The highest BCUT2D eigenvalue weighted by atomic mass is 32.2. The molecule has 1 aromatic carbocycles. The summed E-state index contributed by atoms with van der Waals surface area (Å²) in [6.07, 6.45) is 2.62. The summed E-state index contributed by atoms with van der Waals surface area (Å²) < 4.78 is 63.9. The number of rotatable bonds is 3. The minimum Gasteiger partial charge on any atom is -0.316 e. The normalized spacial score (nSPS) is 20.1. The van der Waals surface area contributed by atoms with Crippen molar-refractivity contribution in [2.75, 3.05) is 19.3 Å². The molecule has 0 bridgehead atoms. The average molecular weight is 307 g/mol. The number of halogens is 3. The number of piperidine rings is 1. The summed E-state index contributed by atoms with van der Waals surface area (Å²) >= 11 is 0. The van der Waals surface area contributed by atoms with E-state index in [1.165, 1.54) is 0 Å². The van der Waals surface area contributed by atoms with Crippen molar-refractivity contribution in [1.29, 1.82) is 0 Å². The second-order valence-corrected chi connectivity index (χ2v) is 7.12. The van der Waals surface area contributed by atoms with Gasteiger partial charge in [-0.2, -0.15) is 0 Å². The summed E-state index contributed by atoms with van der Waals surface area (Å²) in [4.78, 5) is -1.19. The van der Waals surface area contributed by atoms with E-state index in [1.54, 1.807) is 0 Å². The molecule has 0 aliphatic carbocycles. The Balaban J connectivity index is 2.36. The Bertz CT molecular complexity index is 611. The first-order chi connectivity index (χ1) is 9.30. The van der Waals surface area contributed by atoms with E-state index in [9.17, 15) is 21.6 Å². The van der Waals surface area contributed by atoms with Crippen LogP contribution in [-0.4, -0.2) is 27.8 Å². The Morgan fingerprint density at radius 2 is 2.00 bits per heavy atom. The van der Waals surface area contributed by atoms with Gasteiger partial charge >= 0.3 is 0 Å². The van der Waals surface area contributed by atoms with E-state index in [-0.39, 0.29) is 17.9 Å². The largest absolute Gasteiger partial charge is 0.316 e. The Hall–Kier alpha value is -1.08. The minimum atomic E-state index is -4.14. The van der Waals surface area contributed by atoms with Gasteiger partial charge in [-0.25, -0.2) is 21.6 Å². The minimum absolute atomic E-state index is 0.0983. The Labute approximate surface area is 116 Å². The van der Waals surface area contributed by atoms with E-state index in [2.05, 4.69) is 5.32 Å². The van der Waals surface area contributed by atoms with Crippen molar-refractivity contribution in [3.63, 3.8) is 0 Å². The van der Waals surface area contributed by atoms with Crippen molar-refractivity contribution in [3.05, 3.63) is 29.1 Å². The molecule has 0 amide bonds. The van der Waals surface area contributed by atoms with Crippen molar-refractivity contribution in [2.45, 2.75) is 24.2 Å². The van der Waals surface area contributed by atoms with E-state index in [1.807, 2.05) is 0 Å². The first-order valence-electron chi connectivity index (χ1n) is 6.38. The van der Waals surface area contributed by atoms with E-state index in [0.29, 0.717) is 12.8 Å². The van der Waals surface area contributed by atoms with Crippen LogP contribution in [0.25, 0.3) is 0 Å². The van der Waals surface area contributed by atoms with Gasteiger partial charge in [-0.05, 0) is 49.9 Å². The van der Waals surface area contributed by atoms with Gasteiger partial charge in [0.15, 0.2) is 21.5 Å². The number of hydrogen-bond donors (Lipinski definition) is 1. The van der Waals surface area contributed by atoms with Crippen LogP contribution in [0.15, 0.2) is 11.0 Å². The first-order valence-corrected chi connectivity index (χ1v) is 8.27. The quantitative estimate of drug-likeness (QED) is 0.869. The fraction of sp³-hybridized carbons (Fsp3) is 0.538. The monoisotopic (exact) mass is 307 g/mol. The van der Waals surface area contributed by atoms with Crippen molar-refractivity contribution in [2.24, 2.45) is 5.92 Å². The van der Waals surface area contributed by atoms with Gasteiger partial charge in [-0.3, -0.25) is 0 Å². The molecule has 0 radical (unpaired) electrons. The first kappa shape index (κ1) is 15.3. The molecule has 20 heavy (non-hydrogen) atoms.